The van der Waals surface area contributed by atoms with Crippen LogP contribution in [0.4, 0.5) is 0 Å². The molecular formula is C18H30Se6. The molecule has 1 aromatic carbocycles. The summed E-state index contributed by atoms with van der Waals surface area (Å²) in [4.78, 5) is 0. The summed E-state index contributed by atoms with van der Waals surface area (Å²) in [6.07, 6.45) is 0. The quantitative estimate of drug-likeness (QED) is 0.292. The van der Waals surface area contributed by atoms with E-state index in [0.29, 0.717) is 0 Å². The molecule has 6 heteroatoms. The molecule has 0 aliphatic heterocycles. The first kappa shape index (κ1) is 24.4. The molecule has 0 spiro atoms. The zero-order chi connectivity index (χ0) is 17.9. The van der Waals surface area contributed by atoms with Crippen LogP contribution in [-0.2, 0) is 31.9 Å². The van der Waals surface area contributed by atoms with Gasteiger partial charge in [-0.3, -0.25) is 0 Å². The monoisotopic (exact) mass is 726 g/mol. The summed E-state index contributed by atoms with van der Waals surface area (Å²) in [7, 11) is 0. The van der Waals surface area contributed by atoms with E-state index < -0.39 is 0 Å². The standard InChI is InChI=1S/C18H30Se6/c1-19-7-13-14(8-20-2)16(10-22-4)18(12-24-6)17(11-23-5)15(13)9-21-3/h7-12H2,1-6H3. The fraction of sp³-hybridized carbons (Fsp3) is 0.667. The van der Waals surface area contributed by atoms with Crippen molar-refractivity contribution in [2.75, 3.05) is 0 Å². The van der Waals surface area contributed by atoms with Crippen LogP contribution < -0.4 is 0 Å². The van der Waals surface area contributed by atoms with E-state index in [1.165, 1.54) is 31.9 Å². The summed E-state index contributed by atoms with van der Waals surface area (Å²) < 4.78 is 0. The topological polar surface area (TPSA) is 0 Å². The number of hydrogen-bond donors (Lipinski definition) is 0. The molecule has 0 nitrogen and oxygen atoms in total. The second-order valence-corrected chi connectivity index (χ2v) is 16.4. The molecule has 0 fully saturated rings. The summed E-state index contributed by atoms with van der Waals surface area (Å²) >= 11 is 4.53. The minimum absolute atomic E-state index is 0.754. The first-order valence-electron chi connectivity index (χ1n) is 7.80. The Kier molecular flexibility index (Phi) is 14.6. The van der Waals surface area contributed by atoms with Crippen LogP contribution in [0.3, 0.4) is 0 Å². The second-order valence-electron chi connectivity index (χ2n) is 5.47. The Morgan fingerprint density at radius 2 is 0.458 bits per heavy atom. The van der Waals surface area contributed by atoms with E-state index in [0.717, 1.165) is 89.7 Å². The van der Waals surface area contributed by atoms with Crippen molar-refractivity contribution in [2.45, 2.75) is 66.8 Å². The average molecular weight is 720 g/mol. The van der Waals surface area contributed by atoms with Gasteiger partial charge in [0.1, 0.15) is 0 Å². The van der Waals surface area contributed by atoms with Crippen molar-refractivity contribution in [3.63, 3.8) is 0 Å². The molecule has 0 aliphatic rings. The Morgan fingerprint density at radius 1 is 0.333 bits per heavy atom. The van der Waals surface area contributed by atoms with E-state index in [4.69, 9.17) is 0 Å². The van der Waals surface area contributed by atoms with Gasteiger partial charge in [-0.15, -0.1) is 0 Å². The maximum absolute atomic E-state index is 2.44. The van der Waals surface area contributed by atoms with Gasteiger partial charge in [-0.1, -0.05) is 0 Å². The van der Waals surface area contributed by atoms with E-state index in [2.05, 4.69) is 34.9 Å². The summed E-state index contributed by atoms with van der Waals surface area (Å²) in [5, 5.41) is 8.30. The first-order valence-corrected chi connectivity index (χ1v) is 25.3. The zero-order valence-corrected chi connectivity index (χ0v) is 26.0. The number of benzene rings is 1. The van der Waals surface area contributed by atoms with Crippen LogP contribution >= 0.6 is 0 Å². The van der Waals surface area contributed by atoms with Crippen molar-refractivity contribution in [2.24, 2.45) is 0 Å². The Morgan fingerprint density at radius 3 is 0.542 bits per heavy atom. The van der Waals surface area contributed by atoms with E-state index in [1.807, 2.05) is 33.4 Å². The molecular weight excluding hydrogens is 690 g/mol. The Labute approximate surface area is 187 Å². The van der Waals surface area contributed by atoms with Crippen LogP contribution in [0.25, 0.3) is 0 Å². The predicted molar refractivity (Wildman–Crippen MR) is 118 cm³/mol. The molecule has 0 aliphatic carbocycles. The molecule has 1 aromatic rings. The van der Waals surface area contributed by atoms with E-state index in [1.54, 1.807) is 0 Å². The number of rotatable bonds is 12. The Hall–Kier alpha value is 2.34. The van der Waals surface area contributed by atoms with Crippen molar-refractivity contribution < 1.29 is 0 Å². The molecule has 138 valence electrons. The average Bonchev–Trinajstić information content (AvgIpc) is 2.57. The molecule has 0 amide bonds. The maximum atomic E-state index is 2.44. The molecule has 0 bridgehead atoms. The van der Waals surface area contributed by atoms with Gasteiger partial charge in [0.15, 0.2) is 0 Å². The van der Waals surface area contributed by atoms with Crippen LogP contribution in [0.2, 0.25) is 34.9 Å². The molecule has 24 heavy (non-hydrogen) atoms. The number of hydrogen-bond acceptors (Lipinski definition) is 0. The summed E-state index contributed by atoms with van der Waals surface area (Å²) in [5.41, 5.74) is 11.1. The predicted octanol–water partition coefficient (Wildman–Crippen LogP) is 3.20. The van der Waals surface area contributed by atoms with Gasteiger partial charge < -0.3 is 0 Å². The van der Waals surface area contributed by atoms with Gasteiger partial charge in [0.2, 0.25) is 0 Å². The molecule has 0 N–H and O–H groups in total. The summed E-state index contributed by atoms with van der Waals surface area (Å²) in [6, 6.07) is 0. The van der Waals surface area contributed by atoms with E-state index >= 15 is 0 Å². The zero-order valence-electron chi connectivity index (χ0n) is 15.7. The van der Waals surface area contributed by atoms with Crippen LogP contribution in [0.1, 0.15) is 33.4 Å². The third kappa shape index (κ3) is 6.74. The van der Waals surface area contributed by atoms with E-state index in [-0.39, 0.29) is 0 Å². The molecule has 0 radical (unpaired) electrons. The van der Waals surface area contributed by atoms with Gasteiger partial charge in [0.25, 0.3) is 0 Å². The minimum atomic E-state index is 0.754. The van der Waals surface area contributed by atoms with Gasteiger partial charge in [0.05, 0.1) is 0 Å². The normalized spacial score (nSPS) is 11.2. The fourth-order valence-electron chi connectivity index (χ4n) is 3.00. The molecule has 0 atom stereocenters. The third-order valence-electron chi connectivity index (χ3n) is 3.92. The van der Waals surface area contributed by atoms with Crippen LogP contribution in [0.5, 0.6) is 0 Å². The van der Waals surface area contributed by atoms with Crippen molar-refractivity contribution in [1.29, 1.82) is 0 Å². The summed E-state index contributed by atoms with van der Waals surface area (Å²) in [6.45, 7) is 0. The van der Waals surface area contributed by atoms with Crippen molar-refractivity contribution >= 4 is 89.7 Å². The molecule has 0 saturated carbocycles. The van der Waals surface area contributed by atoms with Crippen LogP contribution in [0, 0.1) is 0 Å². The van der Waals surface area contributed by atoms with Crippen molar-refractivity contribution in [3.8, 4) is 0 Å². The summed E-state index contributed by atoms with van der Waals surface area (Å²) in [5.74, 6) is 14.6. The molecule has 0 aromatic heterocycles. The fourth-order valence-corrected chi connectivity index (χ4v) is 11.0. The molecule has 0 saturated heterocycles. The van der Waals surface area contributed by atoms with Gasteiger partial charge in [-0.2, -0.15) is 0 Å². The van der Waals surface area contributed by atoms with Gasteiger partial charge in [-0.25, -0.2) is 0 Å². The SMILES string of the molecule is C[Se]Cc1c(C[Se]C)c(C[Se]C)c(C[Se]C)c(C[Se]C)c1C[Se]C. The first-order chi connectivity index (χ1) is 11.7. The van der Waals surface area contributed by atoms with Gasteiger partial charge in [-0.05, 0) is 0 Å². The van der Waals surface area contributed by atoms with Crippen LogP contribution in [-0.4, -0.2) is 89.7 Å². The molecule has 0 heterocycles. The van der Waals surface area contributed by atoms with Gasteiger partial charge in [0, 0.05) is 0 Å². The van der Waals surface area contributed by atoms with E-state index in [9.17, 15) is 0 Å². The van der Waals surface area contributed by atoms with Crippen LogP contribution in [0.15, 0.2) is 0 Å². The molecule has 0 unspecified atom stereocenters. The second kappa shape index (κ2) is 14.4. The third-order valence-corrected chi connectivity index (χ3v) is 11.2. The van der Waals surface area contributed by atoms with Gasteiger partial charge >= 0.3 is 190 Å². The van der Waals surface area contributed by atoms with Crippen molar-refractivity contribution in [1.82, 2.24) is 0 Å². The van der Waals surface area contributed by atoms with Crippen molar-refractivity contribution in [3.05, 3.63) is 33.4 Å². The Bertz CT molecular complexity index is 365. The Balaban J connectivity index is 3.74. The molecule has 1 rings (SSSR count).